The number of carbonyl (C=O) groups excluding carboxylic acids is 1. The third-order valence-electron chi connectivity index (χ3n) is 4.68. The molecular weight excluding hydrogens is 364 g/mol. The lowest BCUT2D eigenvalue weighted by Gasteiger charge is -2.22. The first-order chi connectivity index (χ1) is 13.1. The summed E-state index contributed by atoms with van der Waals surface area (Å²) in [6, 6.07) is 7.64. The molecule has 1 saturated carbocycles. The molecule has 0 amide bonds. The van der Waals surface area contributed by atoms with Crippen LogP contribution in [0.4, 0.5) is 5.69 Å². The van der Waals surface area contributed by atoms with Gasteiger partial charge in [-0.1, -0.05) is 37.5 Å². The Kier molecular flexibility index (Phi) is 6.39. The van der Waals surface area contributed by atoms with Crippen molar-refractivity contribution in [1.82, 2.24) is 9.88 Å². The van der Waals surface area contributed by atoms with E-state index < -0.39 is 5.97 Å². The highest BCUT2D eigenvalue weighted by Crippen LogP contribution is 2.38. The molecule has 8 heteroatoms. The van der Waals surface area contributed by atoms with Gasteiger partial charge in [0.2, 0.25) is 11.0 Å². The minimum atomic E-state index is -0.425. The van der Waals surface area contributed by atoms with Crippen LogP contribution in [0.3, 0.4) is 0 Å². The standard InChI is InChI=1S/C19H24N4O3S/c1-2-26-16(24)12-23-15-11-7-6-10-14(15)17(18(23)25)21-22-19(27)20-13-8-4-3-5-9-13/h6-7,10-11,13,25H,2-5,8-9,12H2,1H3,(H,20,27). The van der Waals surface area contributed by atoms with Gasteiger partial charge >= 0.3 is 5.97 Å². The highest BCUT2D eigenvalue weighted by atomic mass is 32.1. The summed E-state index contributed by atoms with van der Waals surface area (Å²) in [5.74, 6) is -0.556. The van der Waals surface area contributed by atoms with Crippen molar-refractivity contribution in [3.05, 3.63) is 24.3 Å². The number of azo groups is 1. The van der Waals surface area contributed by atoms with Crippen LogP contribution in [0.1, 0.15) is 39.0 Å². The van der Waals surface area contributed by atoms with Crippen molar-refractivity contribution in [3.8, 4) is 5.88 Å². The highest BCUT2D eigenvalue weighted by Gasteiger charge is 2.19. The van der Waals surface area contributed by atoms with Gasteiger partial charge in [0.15, 0.2) is 5.69 Å². The molecule has 0 radical (unpaired) electrons. The fourth-order valence-corrected chi connectivity index (χ4v) is 3.62. The number of hydrogen-bond donors (Lipinski definition) is 2. The molecule has 27 heavy (non-hydrogen) atoms. The lowest BCUT2D eigenvalue weighted by atomic mass is 9.96. The van der Waals surface area contributed by atoms with Gasteiger partial charge in [0.25, 0.3) is 0 Å². The maximum atomic E-state index is 11.9. The zero-order chi connectivity index (χ0) is 19.2. The van der Waals surface area contributed by atoms with Gasteiger partial charge < -0.3 is 15.2 Å². The normalized spacial score (nSPS) is 15.3. The fourth-order valence-electron chi connectivity index (χ4n) is 3.41. The monoisotopic (exact) mass is 388 g/mol. The van der Waals surface area contributed by atoms with E-state index in [0.717, 1.165) is 12.8 Å². The predicted octanol–water partition coefficient (Wildman–Crippen LogP) is 4.20. The van der Waals surface area contributed by atoms with Crippen molar-refractivity contribution < 1.29 is 14.6 Å². The van der Waals surface area contributed by atoms with E-state index in [9.17, 15) is 9.90 Å². The molecule has 2 aromatic rings. The number of thiocarbonyl (C=S) groups is 1. The van der Waals surface area contributed by atoms with Crippen molar-refractivity contribution in [3.63, 3.8) is 0 Å². The average Bonchev–Trinajstić information content (AvgIpc) is 2.93. The van der Waals surface area contributed by atoms with E-state index >= 15 is 0 Å². The summed E-state index contributed by atoms with van der Waals surface area (Å²) >= 11 is 5.28. The van der Waals surface area contributed by atoms with Gasteiger partial charge in [-0.25, -0.2) is 0 Å². The Bertz CT molecular complexity index is 856. The van der Waals surface area contributed by atoms with Gasteiger partial charge in [-0.15, -0.1) is 10.2 Å². The molecule has 1 fully saturated rings. The second kappa shape index (κ2) is 8.94. The molecule has 1 heterocycles. The lowest BCUT2D eigenvalue weighted by Crippen LogP contribution is -2.33. The average molecular weight is 388 g/mol. The van der Waals surface area contributed by atoms with E-state index in [-0.39, 0.29) is 19.0 Å². The molecule has 0 aliphatic heterocycles. The zero-order valence-electron chi connectivity index (χ0n) is 15.4. The summed E-state index contributed by atoms with van der Waals surface area (Å²) in [5.41, 5.74) is 0.978. The number of ether oxygens (including phenoxy) is 1. The Morgan fingerprint density at radius 2 is 2.07 bits per heavy atom. The van der Waals surface area contributed by atoms with Crippen molar-refractivity contribution in [2.45, 2.75) is 51.6 Å². The van der Waals surface area contributed by atoms with E-state index in [1.54, 1.807) is 6.92 Å². The van der Waals surface area contributed by atoms with Gasteiger partial charge in [0, 0.05) is 11.4 Å². The Labute approximate surface area is 163 Å². The summed E-state index contributed by atoms with van der Waals surface area (Å²) in [4.78, 5) is 11.9. The van der Waals surface area contributed by atoms with Gasteiger partial charge in [-0.3, -0.25) is 9.36 Å². The number of fused-ring (bicyclic) bond motifs is 1. The molecule has 0 atom stereocenters. The van der Waals surface area contributed by atoms with E-state index in [0.29, 0.717) is 27.7 Å². The number of nitrogens with one attached hydrogen (secondary N) is 1. The predicted molar refractivity (Wildman–Crippen MR) is 107 cm³/mol. The van der Waals surface area contributed by atoms with Crippen LogP contribution in [0.2, 0.25) is 0 Å². The molecule has 0 bridgehead atoms. The first kappa shape index (κ1) is 19.3. The van der Waals surface area contributed by atoms with Crippen LogP contribution in [0.5, 0.6) is 5.88 Å². The Hall–Kier alpha value is -2.48. The van der Waals surface area contributed by atoms with Crippen LogP contribution in [0, 0.1) is 0 Å². The molecule has 2 N–H and O–H groups in total. The van der Waals surface area contributed by atoms with Crippen LogP contribution in [0.15, 0.2) is 34.5 Å². The largest absolute Gasteiger partial charge is 0.493 e. The number of aromatic nitrogens is 1. The number of carbonyl (C=O) groups is 1. The summed E-state index contributed by atoms with van der Waals surface area (Å²) < 4.78 is 6.46. The second-order valence-corrected chi connectivity index (χ2v) is 6.95. The second-order valence-electron chi connectivity index (χ2n) is 6.56. The van der Waals surface area contributed by atoms with E-state index in [4.69, 9.17) is 17.0 Å². The molecule has 1 aromatic heterocycles. The molecule has 7 nitrogen and oxygen atoms in total. The zero-order valence-corrected chi connectivity index (χ0v) is 16.2. The van der Waals surface area contributed by atoms with Crippen molar-refractivity contribution in [2.24, 2.45) is 10.2 Å². The Balaban J connectivity index is 1.82. The summed E-state index contributed by atoms with van der Waals surface area (Å²) in [5, 5.41) is 23.1. The van der Waals surface area contributed by atoms with Gasteiger partial charge in [-0.2, -0.15) is 0 Å². The van der Waals surface area contributed by atoms with E-state index in [1.165, 1.54) is 23.8 Å². The first-order valence-electron chi connectivity index (χ1n) is 9.28. The van der Waals surface area contributed by atoms with Crippen molar-refractivity contribution in [1.29, 1.82) is 0 Å². The summed E-state index contributed by atoms with van der Waals surface area (Å²) in [6.07, 6.45) is 5.82. The SMILES string of the molecule is CCOC(=O)Cn1c(O)c(N=NC(=S)NC2CCCCC2)c2ccccc21. The van der Waals surface area contributed by atoms with Crippen LogP contribution in [-0.2, 0) is 16.1 Å². The Morgan fingerprint density at radius 3 is 2.81 bits per heavy atom. The molecule has 1 aliphatic rings. The van der Waals surface area contributed by atoms with Crippen LogP contribution in [-0.4, -0.2) is 33.4 Å². The van der Waals surface area contributed by atoms with Gasteiger partial charge in [0.1, 0.15) is 6.54 Å². The summed E-state index contributed by atoms with van der Waals surface area (Å²) in [7, 11) is 0. The van der Waals surface area contributed by atoms with Gasteiger partial charge in [0.05, 0.1) is 12.1 Å². The number of benzene rings is 1. The smallest absolute Gasteiger partial charge is 0.326 e. The molecule has 0 spiro atoms. The number of nitrogens with zero attached hydrogens (tertiary/aromatic N) is 3. The van der Waals surface area contributed by atoms with Crippen molar-refractivity contribution >= 4 is 39.9 Å². The van der Waals surface area contributed by atoms with Crippen LogP contribution >= 0.6 is 12.2 Å². The minimum Gasteiger partial charge on any atom is -0.493 e. The number of para-hydroxylation sites is 1. The topological polar surface area (TPSA) is 88.2 Å². The number of esters is 1. The van der Waals surface area contributed by atoms with Gasteiger partial charge in [-0.05, 0) is 38.0 Å². The fraction of sp³-hybridized carbons (Fsp3) is 0.474. The quantitative estimate of drug-likeness (QED) is 0.455. The molecule has 144 valence electrons. The van der Waals surface area contributed by atoms with E-state index in [2.05, 4.69) is 15.5 Å². The Morgan fingerprint density at radius 1 is 1.33 bits per heavy atom. The minimum absolute atomic E-state index is 0.0967. The maximum Gasteiger partial charge on any atom is 0.326 e. The molecule has 1 aliphatic carbocycles. The number of rotatable bonds is 5. The summed E-state index contributed by atoms with van der Waals surface area (Å²) in [6.45, 7) is 1.93. The first-order valence-corrected chi connectivity index (χ1v) is 9.69. The lowest BCUT2D eigenvalue weighted by molar-refractivity contribution is -0.143. The third kappa shape index (κ3) is 4.63. The van der Waals surface area contributed by atoms with E-state index in [1.807, 2.05) is 24.3 Å². The molecular formula is C19H24N4O3S. The maximum absolute atomic E-state index is 11.9. The molecule has 3 rings (SSSR count). The van der Waals surface area contributed by atoms with Crippen LogP contribution in [0.25, 0.3) is 10.9 Å². The number of hydrogen-bond acceptors (Lipinski definition) is 5. The molecule has 1 aromatic carbocycles. The third-order valence-corrected chi connectivity index (χ3v) is 4.88. The van der Waals surface area contributed by atoms with Crippen LogP contribution < -0.4 is 5.32 Å². The highest BCUT2D eigenvalue weighted by molar-refractivity contribution is 7.80. The molecule has 0 unspecified atom stereocenters. The number of aromatic hydroxyl groups is 1. The molecule has 0 saturated heterocycles. The van der Waals surface area contributed by atoms with Crippen molar-refractivity contribution in [2.75, 3.05) is 6.61 Å².